The largest absolute Gasteiger partial charge is 0.493 e. The Morgan fingerprint density at radius 2 is 1.79 bits per heavy atom. The van der Waals surface area contributed by atoms with Gasteiger partial charge in [0.05, 0.1) is 20.8 Å². The molecule has 0 saturated carbocycles. The Labute approximate surface area is 172 Å². The van der Waals surface area contributed by atoms with E-state index in [1.807, 2.05) is 13.0 Å². The van der Waals surface area contributed by atoms with E-state index < -0.39 is 0 Å². The fraction of sp³-hybridized carbons (Fsp3) is 0.455. The van der Waals surface area contributed by atoms with E-state index in [2.05, 4.69) is 27.8 Å². The Kier molecular flexibility index (Phi) is 6.93. The molecule has 1 aliphatic rings. The SMILES string of the molecule is CCOC(=O)c1cccnc1N1CCN(Cc2cc(OC)c(OC)cc2C)CC1. The number of benzene rings is 1. The third-order valence-electron chi connectivity index (χ3n) is 5.19. The van der Waals surface area contributed by atoms with Gasteiger partial charge in [-0.05, 0) is 49.2 Å². The summed E-state index contributed by atoms with van der Waals surface area (Å²) in [6.45, 7) is 8.46. The molecule has 0 spiro atoms. The summed E-state index contributed by atoms with van der Waals surface area (Å²) in [6.07, 6.45) is 1.72. The first-order valence-corrected chi connectivity index (χ1v) is 9.88. The van der Waals surface area contributed by atoms with Gasteiger partial charge in [0.1, 0.15) is 11.4 Å². The summed E-state index contributed by atoms with van der Waals surface area (Å²) < 4.78 is 16.0. The molecule has 7 nitrogen and oxygen atoms in total. The highest BCUT2D eigenvalue weighted by atomic mass is 16.5. The second kappa shape index (κ2) is 9.60. The molecule has 0 atom stereocenters. The highest BCUT2D eigenvalue weighted by molar-refractivity contribution is 5.94. The number of esters is 1. The monoisotopic (exact) mass is 399 g/mol. The maximum absolute atomic E-state index is 12.2. The summed E-state index contributed by atoms with van der Waals surface area (Å²) in [7, 11) is 3.31. The molecule has 2 aromatic rings. The molecule has 0 unspecified atom stereocenters. The van der Waals surface area contributed by atoms with Gasteiger partial charge < -0.3 is 19.1 Å². The number of aromatic nitrogens is 1. The third-order valence-corrected chi connectivity index (χ3v) is 5.19. The number of methoxy groups -OCH3 is 2. The van der Waals surface area contributed by atoms with Gasteiger partial charge in [0.25, 0.3) is 0 Å². The molecule has 7 heteroatoms. The molecule has 0 amide bonds. The van der Waals surface area contributed by atoms with E-state index in [-0.39, 0.29) is 5.97 Å². The topological polar surface area (TPSA) is 64.1 Å². The van der Waals surface area contributed by atoms with Crippen LogP contribution in [0.5, 0.6) is 11.5 Å². The first-order chi connectivity index (χ1) is 14.1. The van der Waals surface area contributed by atoms with Gasteiger partial charge in [-0.1, -0.05) is 0 Å². The molecule has 1 aliphatic heterocycles. The van der Waals surface area contributed by atoms with Gasteiger partial charge in [-0.25, -0.2) is 9.78 Å². The quantitative estimate of drug-likeness (QED) is 0.663. The Hall–Kier alpha value is -2.80. The fourth-order valence-corrected chi connectivity index (χ4v) is 3.57. The minimum absolute atomic E-state index is 0.320. The second-order valence-electron chi connectivity index (χ2n) is 6.99. The molecular weight excluding hydrogens is 370 g/mol. The van der Waals surface area contributed by atoms with Gasteiger partial charge in [-0.2, -0.15) is 0 Å². The Bertz CT molecular complexity index is 848. The normalized spacial score (nSPS) is 14.6. The van der Waals surface area contributed by atoms with Crippen LogP contribution in [-0.2, 0) is 11.3 Å². The summed E-state index contributed by atoms with van der Waals surface area (Å²) >= 11 is 0. The maximum Gasteiger partial charge on any atom is 0.341 e. The molecule has 0 radical (unpaired) electrons. The van der Waals surface area contributed by atoms with Gasteiger partial charge in [0.15, 0.2) is 11.5 Å². The fourth-order valence-electron chi connectivity index (χ4n) is 3.57. The van der Waals surface area contributed by atoms with Gasteiger partial charge in [-0.3, -0.25) is 4.90 Å². The predicted molar refractivity (Wildman–Crippen MR) is 112 cm³/mol. The van der Waals surface area contributed by atoms with Gasteiger partial charge >= 0.3 is 5.97 Å². The van der Waals surface area contributed by atoms with E-state index in [1.54, 1.807) is 32.5 Å². The number of aryl methyl sites for hydroxylation is 1. The highest BCUT2D eigenvalue weighted by Crippen LogP contribution is 2.31. The van der Waals surface area contributed by atoms with Crippen LogP contribution in [0.15, 0.2) is 30.5 Å². The van der Waals surface area contributed by atoms with Gasteiger partial charge in [-0.15, -0.1) is 0 Å². The lowest BCUT2D eigenvalue weighted by molar-refractivity contribution is 0.0526. The lowest BCUT2D eigenvalue weighted by Crippen LogP contribution is -2.46. The van der Waals surface area contributed by atoms with Crippen molar-refractivity contribution < 1.29 is 19.0 Å². The van der Waals surface area contributed by atoms with Crippen LogP contribution in [-0.4, -0.2) is 62.9 Å². The van der Waals surface area contributed by atoms with Crippen molar-refractivity contribution in [3.05, 3.63) is 47.2 Å². The molecule has 1 aromatic carbocycles. The van der Waals surface area contributed by atoms with Gasteiger partial charge in [0.2, 0.25) is 0 Å². The van der Waals surface area contributed by atoms with Gasteiger partial charge in [0, 0.05) is 38.9 Å². The zero-order chi connectivity index (χ0) is 20.8. The first kappa shape index (κ1) is 20.9. The minimum Gasteiger partial charge on any atom is -0.493 e. The molecule has 1 aromatic heterocycles. The van der Waals surface area contributed by atoms with E-state index in [0.717, 1.165) is 44.2 Å². The minimum atomic E-state index is -0.320. The summed E-state index contributed by atoms with van der Waals surface area (Å²) in [4.78, 5) is 21.2. The molecule has 3 rings (SSSR count). The summed E-state index contributed by atoms with van der Waals surface area (Å²) in [5.74, 6) is 1.88. The standard InChI is InChI=1S/C22H29N3O4/c1-5-29-22(26)18-7-6-8-23-21(18)25-11-9-24(10-12-25)15-17-14-20(28-4)19(27-3)13-16(17)2/h6-8,13-14H,5,9-12,15H2,1-4H3. The number of anilines is 1. The average Bonchev–Trinajstić information content (AvgIpc) is 2.75. The maximum atomic E-state index is 12.2. The van der Waals surface area contributed by atoms with E-state index in [1.165, 1.54) is 11.1 Å². The molecule has 1 saturated heterocycles. The number of carbonyl (C=O) groups excluding carboxylic acids is 1. The van der Waals surface area contributed by atoms with Crippen LogP contribution in [0.2, 0.25) is 0 Å². The van der Waals surface area contributed by atoms with Crippen LogP contribution in [0.3, 0.4) is 0 Å². The van der Waals surface area contributed by atoms with Crippen molar-refractivity contribution in [2.45, 2.75) is 20.4 Å². The number of nitrogens with zero attached hydrogens (tertiary/aromatic N) is 3. The van der Waals surface area contributed by atoms with E-state index >= 15 is 0 Å². The summed E-state index contributed by atoms with van der Waals surface area (Å²) in [5.41, 5.74) is 2.93. The first-order valence-electron chi connectivity index (χ1n) is 9.88. The number of rotatable bonds is 7. The van der Waals surface area contributed by atoms with Crippen LogP contribution >= 0.6 is 0 Å². The van der Waals surface area contributed by atoms with Crippen molar-refractivity contribution in [1.29, 1.82) is 0 Å². The van der Waals surface area contributed by atoms with Crippen LogP contribution < -0.4 is 14.4 Å². The highest BCUT2D eigenvalue weighted by Gasteiger charge is 2.23. The average molecular weight is 399 g/mol. The third kappa shape index (κ3) is 4.79. The molecule has 0 bridgehead atoms. The molecule has 2 heterocycles. The summed E-state index contributed by atoms with van der Waals surface area (Å²) in [6, 6.07) is 7.62. The number of pyridine rings is 1. The van der Waals surface area contributed by atoms with E-state index in [9.17, 15) is 4.79 Å². The van der Waals surface area contributed by atoms with Crippen molar-refractivity contribution in [2.24, 2.45) is 0 Å². The predicted octanol–water partition coefficient (Wildman–Crippen LogP) is 2.91. The smallest absolute Gasteiger partial charge is 0.341 e. The number of ether oxygens (including phenoxy) is 3. The Balaban J connectivity index is 1.67. The van der Waals surface area contributed by atoms with Crippen molar-refractivity contribution in [3.63, 3.8) is 0 Å². The van der Waals surface area contributed by atoms with E-state index in [4.69, 9.17) is 14.2 Å². The lowest BCUT2D eigenvalue weighted by Gasteiger charge is -2.36. The second-order valence-corrected chi connectivity index (χ2v) is 6.99. The molecule has 0 aliphatic carbocycles. The zero-order valence-electron chi connectivity index (χ0n) is 17.6. The number of piperazine rings is 1. The molecular formula is C22H29N3O4. The van der Waals surface area contributed by atoms with Crippen LogP contribution in [0.4, 0.5) is 5.82 Å². The molecule has 156 valence electrons. The number of hydrogen-bond acceptors (Lipinski definition) is 7. The molecule has 1 fully saturated rings. The van der Waals surface area contributed by atoms with E-state index in [0.29, 0.717) is 18.0 Å². The van der Waals surface area contributed by atoms with Crippen molar-refractivity contribution >= 4 is 11.8 Å². The van der Waals surface area contributed by atoms with Crippen LogP contribution in [0.1, 0.15) is 28.4 Å². The van der Waals surface area contributed by atoms with Crippen LogP contribution in [0.25, 0.3) is 0 Å². The molecule has 29 heavy (non-hydrogen) atoms. The lowest BCUT2D eigenvalue weighted by atomic mass is 10.1. The van der Waals surface area contributed by atoms with Crippen molar-refractivity contribution in [1.82, 2.24) is 9.88 Å². The number of hydrogen-bond donors (Lipinski definition) is 0. The summed E-state index contributed by atoms with van der Waals surface area (Å²) in [5, 5.41) is 0. The Morgan fingerprint density at radius 1 is 1.10 bits per heavy atom. The van der Waals surface area contributed by atoms with Crippen LogP contribution in [0, 0.1) is 6.92 Å². The van der Waals surface area contributed by atoms with Crippen molar-refractivity contribution in [2.75, 3.05) is 51.9 Å². The number of carbonyl (C=O) groups is 1. The molecule has 0 N–H and O–H groups in total. The zero-order valence-corrected chi connectivity index (χ0v) is 17.6. The van der Waals surface area contributed by atoms with Crippen molar-refractivity contribution in [3.8, 4) is 11.5 Å². The Morgan fingerprint density at radius 3 is 2.45 bits per heavy atom.